The van der Waals surface area contributed by atoms with Crippen molar-refractivity contribution in [3.05, 3.63) is 92.0 Å². The zero-order valence-electron chi connectivity index (χ0n) is 24.8. The van der Waals surface area contributed by atoms with Gasteiger partial charge in [0, 0.05) is 25.3 Å². The fourth-order valence-electron chi connectivity index (χ4n) is 4.19. The Morgan fingerprint density at radius 3 is 2.13 bits per heavy atom. The second-order valence-electron chi connectivity index (χ2n) is 9.41. The number of carbonyl (C=O) groups excluding carboxylic acids is 1. The molecule has 0 atom stereocenters. The van der Waals surface area contributed by atoms with Crippen LogP contribution in [0.1, 0.15) is 54.2 Å². The first-order valence-corrected chi connectivity index (χ1v) is 14.8. The molecule has 0 spiro atoms. The Hall–Kier alpha value is -3.87. The zero-order valence-corrected chi connectivity index (χ0v) is 26.3. The molecule has 0 radical (unpaired) electrons. The van der Waals surface area contributed by atoms with Crippen molar-refractivity contribution in [1.29, 1.82) is 0 Å². The van der Waals surface area contributed by atoms with Gasteiger partial charge in [-0.15, -0.1) is 11.6 Å². The van der Waals surface area contributed by atoms with E-state index in [0.29, 0.717) is 19.2 Å². The van der Waals surface area contributed by atoms with Gasteiger partial charge in [0.1, 0.15) is 22.9 Å². The van der Waals surface area contributed by atoms with Crippen molar-refractivity contribution in [2.24, 2.45) is 0 Å². The number of halogens is 5. The molecule has 45 heavy (non-hydrogen) atoms. The molecule has 0 aliphatic rings. The zero-order chi connectivity index (χ0) is 33.7. The van der Waals surface area contributed by atoms with Crippen molar-refractivity contribution < 1.29 is 42.3 Å². The van der Waals surface area contributed by atoms with E-state index in [9.17, 15) is 32.9 Å². The standard InChI is InChI=1S/C17H26ClNO2.C14H7ClF3NO5/c1-4-11-21-12-10-19(16(20)13-18)17-14(5-2)8-7-9-15(17)6-3;15-10-5-7(14(16,17)18)1-4-12(10)24-8-2-3-11(19(22)23)9(6-8)13(20)21/h7-9H,4-6,10-13H2,1-3H3;1-6H,(H,20,21). The quantitative estimate of drug-likeness (QED) is 0.0836. The summed E-state index contributed by atoms with van der Waals surface area (Å²) in [6, 6.07) is 11.5. The van der Waals surface area contributed by atoms with Crippen LogP contribution in [-0.4, -0.2) is 47.5 Å². The lowest BCUT2D eigenvalue weighted by molar-refractivity contribution is -0.385. The molecule has 3 aromatic rings. The molecular weight excluding hydrogens is 640 g/mol. The van der Waals surface area contributed by atoms with Crippen LogP contribution < -0.4 is 9.64 Å². The van der Waals surface area contributed by atoms with Gasteiger partial charge in [0.15, 0.2) is 0 Å². The molecule has 1 amide bonds. The summed E-state index contributed by atoms with van der Waals surface area (Å²) in [5.41, 5.74) is 1.14. The average molecular weight is 674 g/mol. The number of rotatable bonds is 13. The first-order chi connectivity index (χ1) is 21.3. The molecule has 0 aromatic heterocycles. The van der Waals surface area contributed by atoms with E-state index in [2.05, 4.69) is 39.0 Å². The number of carboxylic acids is 1. The van der Waals surface area contributed by atoms with Gasteiger partial charge >= 0.3 is 12.1 Å². The van der Waals surface area contributed by atoms with E-state index in [4.69, 9.17) is 37.8 Å². The number of para-hydroxylation sites is 1. The van der Waals surface area contributed by atoms with Gasteiger partial charge in [0.05, 0.1) is 27.8 Å². The van der Waals surface area contributed by atoms with Crippen LogP contribution in [0.2, 0.25) is 5.02 Å². The number of aryl methyl sites for hydroxylation is 2. The van der Waals surface area contributed by atoms with Crippen LogP contribution in [0.3, 0.4) is 0 Å². The monoisotopic (exact) mass is 672 g/mol. The normalized spacial score (nSPS) is 10.9. The number of aromatic carboxylic acids is 1. The summed E-state index contributed by atoms with van der Waals surface area (Å²) >= 11 is 11.5. The molecule has 0 aliphatic carbocycles. The molecule has 3 aromatic carbocycles. The Labute approximate surface area is 268 Å². The Morgan fingerprint density at radius 2 is 1.64 bits per heavy atom. The second-order valence-corrected chi connectivity index (χ2v) is 10.1. The number of alkyl halides is 4. The molecule has 0 saturated heterocycles. The number of nitrogens with zero attached hydrogens (tertiary/aromatic N) is 2. The summed E-state index contributed by atoms with van der Waals surface area (Å²) in [5, 5.41) is 19.4. The highest BCUT2D eigenvalue weighted by Crippen LogP contribution is 2.37. The molecule has 0 heterocycles. The SMILES string of the molecule is CCCOCCN(C(=O)CCl)c1c(CC)cccc1CC.O=C(O)c1cc(Oc2ccc(C(F)(F)F)cc2Cl)ccc1[N+](=O)[O-]. The number of amides is 1. The predicted octanol–water partition coefficient (Wildman–Crippen LogP) is 8.57. The number of carboxylic acid groups (broad SMARTS) is 1. The smallest absolute Gasteiger partial charge is 0.416 e. The largest absolute Gasteiger partial charge is 0.477 e. The summed E-state index contributed by atoms with van der Waals surface area (Å²) in [4.78, 5) is 35.0. The van der Waals surface area contributed by atoms with E-state index >= 15 is 0 Å². The highest BCUT2D eigenvalue weighted by atomic mass is 35.5. The fourth-order valence-corrected chi connectivity index (χ4v) is 4.56. The average Bonchev–Trinajstić information content (AvgIpc) is 3.01. The van der Waals surface area contributed by atoms with Crippen molar-refractivity contribution in [3.8, 4) is 11.5 Å². The summed E-state index contributed by atoms with van der Waals surface area (Å²) in [7, 11) is 0. The minimum absolute atomic E-state index is 0.00498. The van der Waals surface area contributed by atoms with E-state index in [1.807, 2.05) is 0 Å². The van der Waals surface area contributed by atoms with Crippen LogP contribution in [0.25, 0.3) is 0 Å². The number of anilines is 1. The Balaban J connectivity index is 0.000000317. The van der Waals surface area contributed by atoms with Gasteiger partial charge in [-0.2, -0.15) is 13.2 Å². The molecule has 14 heteroatoms. The van der Waals surface area contributed by atoms with Crippen LogP contribution in [0.4, 0.5) is 24.5 Å². The Bertz CT molecular complexity index is 1460. The number of carbonyl (C=O) groups is 2. The van der Waals surface area contributed by atoms with E-state index < -0.39 is 33.9 Å². The van der Waals surface area contributed by atoms with Gasteiger partial charge in [-0.05, 0) is 54.7 Å². The lowest BCUT2D eigenvalue weighted by atomic mass is 10.0. The van der Waals surface area contributed by atoms with Gasteiger partial charge < -0.3 is 19.5 Å². The molecular formula is C31H33Cl2F3N2O7. The summed E-state index contributed by atoms with van der Waals surface area (Å²) in [6.45, 7) is 8.10. The third-order valence-corrected chi connectivity index (χ3v) is 6.86. The number of hydrogen-bond acceptors (Lipinski definition) is 6. The van der Waals surface area contributed by atoms with Crippen LogP contribution in [-0.2, 0) is 28.5 Å². The van der Waals surface area contributed by atoms with E-state index in [1.54, 1.807) is 4.90 Å². The van der Waals surface area contributed by atoms with Gasteiger partial charge in [-0.3, -0.25) is 14.9 Å². The molecule has 0 fully saturated rings. The number of nitro benzene ring substituents is 1. The molecule has 1 N–H and O–H groups in total. The molecule has 244 valence electrons. The van der Waals surface area contributed by atoms with Crippen LogP contribution in [0.5, 0.6) is 11.5 Å². The maximum atomic E-state index is 12.6. The summed E-state index contributed by atoms with van der Waals surface area (Å²) in [5.74, 6) is -1.90. The van der Waals surface area contributed by atoms with Crippen molar-refractivity contribution in [3.63, 3.8) is 0 Å². The molecule has 3 rings (SSSR count). The fraction of sp³-hybridized carbons (Fsp3) is 0.355. The number of ether oxygens (including phenoxy) is 2. The lowest BCUT2D eigenvalue weighted by Gasteiger charge is -2.27. The first-order valence-electron chi connectivity index (χ1n) is 13.9. The summed E-state index contributed by atoms with van der Waals surface area (Å²) < 4.78 is 48.4. The maximum absolute atomic E-state index is 12.6. The van der Waals surface area contributed by atoms with Gasteiger partial charge in [-0.25, -0.2) is 4.79 Å². The van der Waals surface area contributed by atoms with Gasteiger partial charge in [0.25, 0.3) is 5.69 Å². The van der Waals surface area contributed by atoms with Crippen LogP contribution >= 0.6 is 23.2 Å². The highest BCUT2D eigenvalue weighted by molar-refractivity contribution is 6.32. The van der Waals surface area contributed by atoms with Crippen molar-refractivity contribution in [2.75, 3.05) is 30.5 Å². The molecule has 9 nitrogen and oxygen atoms in total. The molecule has 0 saturated carbocycles. The third-order valence-electron chi connectivity index (χ3n) is 6.34. The number of hydrogen-bond donors (Lipinski definition) is 1. The van der Waals surface area contributed by atoms with E-state index in [1.165, 1.54) is 11.1 Å². The third kappa shape index (κ3) is 10.6. The van der Waals surface area contributed by atoms with Gasteiger partial charge in [-0.1, -0.05) is 50.6 Å². The molecule has 0 unspecified atom stereocenters. The molecule has 0 aliphatic heterocycles. The number of nitro groups is 1. The van der Waals surface area contributed by atoms with E-state index in [-0.39, 0.29) is 28.3 Å². The highest BCUT2D eigenvalue weighted by Gasteiger charge is 2.31. The predicted molar refractivity (Wildman–Crippen MR) is 166 cm³/mol. The van der Waals surface area contributed by atoms with Crippen molar-refractivity contribution in [1.82, 2.24) is 0 Å². The van der Waals surface area contributed by atoms with Crippen molar-refractivity contribution >= 4 is 46.5 Å². The first kappa shape index (κ1) is 37.3. The minimum Gasteiger partial charge on any atom is -0.477 e. The van der Waals surface area contributed by atoms with Crippen molar-refractivity contribution in [2.45, 2.75) is 46.2 Å². The minimum atomic E-state index is -4.58. The van der Waals surface area contributed by atoms with Crippen LogP contribution in [0, 0.1) is 10.1 Å². The summed E-state index contributed by atoms with van der Waals surface area (Å²) in [6.07, 6.45) is -1.81. The second kappa shape index (κ2) is 17.6. The maximum Gasteiger partial charge on any atom is 0.416 e. The van der Waals surface area contributed by atoms with Gasteiger partial charge in [0.2, 0.25) is 5.91 Å². The Morgan fingerprint density at radius 1 is 1.00 bits per heavy atom. The van der Waals surface area contributed by atoms with Crippen LogP contribution in [0.15, 0.2) is 54.6 Å². The number of benzene rings is 3. The van der Waals surface area contributed by atoms with E-state index in [0.717, 1.165) is 61.9 Å². The topological polar surface area (TPSA) is 119 Å². The Kier molecular flexibility index (Phi) is 14.6. The molecule has 0 bridgehead atoms. The lowest BCUT2D eigenvalue weighted by Crippen LogP contribution is -2.36.